The van der Waals surface area contributed by atoms with E-state index in [4.69, 9.17) is 32.7 Å². The fraction of sp³-hybridized carbons (Fsp3) is 0.250. The Kier molecular flexibility index (Phi) is 6.98. The molecule has 0 spiro atoms. The highest BCUT2D eigenvalue weighted by Gasteiger charge is 2.08. The van der Waals surface area contributed by atoms with Crippen molar-refractivity contribution in [2.75, 3.05) is 13.7 Å². The molecule has 1 heterocycles. The van der Waals surface area contributed by atoms with E-state index >= 15 is 0 Å². The zero-order valence-electron chi connectivity index (χ0n) is 15.0. The topological polar surface area (TPSA) is 48.3 Å². The van der Waals surface area contributed by atoms with Crippen LogP contribution in [0.25, 0.3) is 0 Å². The van der Waals surface area contributed by atoms with Gasteiger partial charge in [0.1, 0.15) is 6.61 Å². The van der Waals surface area contributed by atoms with Crippen LogP contribution >= 0.6 is 23.2 Å². The van der Waals surface area contributed by atoms with E-state index in [2.05, 4.69) is 10.3 Å². The van der Waals surface area contributed by atoms with Crippen molar-refractivity contribution in [3.63, 3.8) is 0 Å². The van der Waals surface area contributed by atoms with Gasteiger partial charge in [0.25, 0.3) is 0 Å². The number of nitrogens with one attached hydrogen (secondary N) is 1. The summed E-state index contributed by atoms with van der Waals surface area (Å²) in [4.78, 5) is 4.03. The van der Waals surface area contributed by atoms with Crippen molar-refractivity contribution in [2.24, 2.45) is 0 Å². The lowest BCUT2D eigenvalue weighted by atomic mass is 10.2. The van der Waals surface area contributed by atoms with Crippen LogP contribution in [0.3, 0.4) is 0 Å². The van der Waals surface area contributed by atoms with Crippen molar-refractivity contribution < 1.29 is 9.47 Å². The number of rotatable bonds is 9. The van der Waals surface area contributed by atoms with E-state index in [1.165, 1.54) is 0 Å². The quantitative estimate of drug-likeness (QED) is 0.529. The molecule has 0 amide bonds. The first-order chi connectivity index (χ1) is 13.2. The number of hydrogen-bond acceptors (Lipinski definition) is 4. The third kappa shape index (κ3) is 5.63. The molecule has 0 saturated heterocycles. The van der Waals surface area contributed by atoms with Gasteiger partial charge in [0.05, 0.1) is 13.4 Å². The highest BCUT2D eigenvalue weighted by Crippen LogP contribution is 2.30. The minimum absolute atomic E-state index is 0.342. The van der Waals surface area contributed by atoms with Crippen LogP contribution in [0.5, 0.6) is 11.5 Å². The summed E-state index contributed by atoms with van der Waals surface area (Å²) in [5.74, 6) is 1.36. The van der Waals surface area contributed by atoms with Gasteiger partial charge in [-0.25, -0.2) is 4.98 Å². The molecule has 27 heavy (non-hydrogen) atoms. The molecular formula is C20H21Cl2N3O2. The van der Waals surface area contributed by atoms with Gasteiger partial charge in [-0.15, -0.1) is 0 Å². The van der Waals surface area contributed by atoms with Crippen LogP contribution in [0, 0.1) is 0 Å². The molecule has 0 bridgehead atoms. The Balaban J connectivity index is 1.55. The zero-order valence-corrected chi connectivity index (χ0v) is 16.5. The molecule has 1 N–H and O–H groups in total. The maximum Gasteiger partial charge on any atom is 0.161 e. The van der Waals surface area contributed by atoms with Crippen LogP contribution in [0.4, 0.5) is 0 Å². The first-order valence-corrected chi connectivity index (χ1v) is 9.31. The second-order valence-corrected chi connectivity index (χ2v) is 6.83. The van der Waals surface area contributed by atoms with Gasteiger partial charge in [0.15, 0.2) is 11.5 Å². The molecule has 1 aromatic heterocycles. The molecule has 0 unspecified atom stereocenters. The molecule has 7 heteroatoms. The summed E-state index contributed by atoms with van der Waals surface area (Å²) in [6, 6.07) is 11.3. The molecule has 0 aliphatic carbocycles. The SMILES string of the molecule is COc1cc(CNCCn2ccnc2)ccc1OCc1ccc(Cl)cc1Cl. The Morgan fingerprint density at radius 1 is 1.11 bits per heavy atom. The van der Waals surface area contributed by atoms with Gasteiger partial charge in [-0.2, -0.15) is 0 Å². The lowest BCUT2D eigenvalue weighted by molar-refractivity contribution is 0.284. The molecule has 0 saturated carbocycles. The van der Waals surface area contributed by atoms with Crippen molar-refractivity contribution >= 4 is 23.2 Å². The number of nitrogens with zero attached hydrogens (tertiary/aromatic N) is 2. The summed E-state index contributed by atoms with van der Waals surface area (Å²) >= 11 is 12.1. The lowest BCUT2D eigenvalue weighted by Crippen LogP contribution is -2.19. The fourth-order valence-electron chi connectivity index (χ4n) is 2.60. The second-order valence-electron chi connectivity index (χ2n) is 5.99. The van der Waals surface area contributed by atoms with Gasteiger partial charge in [0, 0.05) is 47.6 Å². The minimum atomic E-state index is 0.342. The normalized spacial score (nSPS) is 10.8. The van der Waals surface area contributed by atoms with Crippen LogP contribution in [-0.2, 0) is 19.7 Å². The first kappa shape index (κ1) is 19.5. The number of ether oxygens (including phenoxy) is 2. The molecule has 2 aromatic carbocycles. The number of hydrogen-bond donors (Lipinski definition) is 1. The molecule has 0 atom stereocenters. The fourth-order valence-corrected chi connectivity index (χ4v) is 3.06. The van der Waals surface area contributed by atoms with Gasteiger partial charge in [-0.3, -0.25) is 0 Å². The van der Waals surface area contributed by atoms with E-state index in [9.17, 15) is 0 Å². The molecule has 142 valence electrons. The molecule has 3 aromatic rings. The minimum Gasteiger partial charge on any atom is -0.493 e. The highest BCUT2D eigenvalue weighted by molar-refractivity contribution is 6.35. The molecule has 0 aliphatic heterocycles. The molecule has 0 radical (unpaired) electrons. The number of methoxy groups -OCH3 is 1. The standard InChI is InChI=1S/C20H21Cl2N3O2/c1-26-20-10-15(12-23-6-8-25-9-7-24-14-25)2-5-19(20)27-13-16-3-4-17(21)11-18(16)22/h2-5,7,9-11,14,23H,6,8,12-13H2,1H3. The van der Waals surface area contributed by atoms with Crippen LogP contribution in [-0.4, -0.2) is 23.2 Å². The van der Waals surface area contributed by atoms with Gasteiger partial charge in [-0.05, 0) is 29.8 Å². The molecule has 0 aliphatic rings. The average Bonchev–Trinajstić information content (AvgIpc) is 3.18. The van der Waals surface area contributed by atoms with Crippen LogP contribution in [0.2, 0.25) is 10.0 Å². The third-order valence-corrected chi connectivity index (χ3v) is 4.65. The molecule has 0 fully saturated rings. The summed E-state index contributed by atoms with van der Waals surface area (Å²) < 4.78 is 13.4. The number of halogens is 2. The maximum absolute atomic E-state index is 6.19. The summed E-state index contributed by atoms with van der Waals surface area (Å²) in [5.41, 5.74) is 1.99. The van der Waals surface area contributed by atoms with Crippen molar-refractivity contribution in [1.82, 2.24) is 14.9 Å². The van der Waals surface area contributed by atoms with Gasteiger partial charge in [-0.1, -0.05) is 35.3 Å². The van der Waals surface area contributed by atoms with Crippen LogP contribution < -0.4 is 14.8 Å². The number of imidazole rings is 1. The summed E-state index contributed by atoms with van der Waals surface area (Å²) in [7, 11) is 1.63. The largest absolute Gasteiger partial charge is 0.493 e. The van der Waals surface area contributed by atoms with E-state index in [-0.39, 0.29) is 0 Å². The number of aromatic nitrogens is 2. The van der Waals surface area contributed by atoms with Crippen LogP contribution in [0.15, 0.2) is 55.1 Å². The zero-order chi connectivity index (χ0) is 19.1. The van der Waals surface area contributed by atoms with E-state index in [0.717, 1.165) is 30.8 Å². The Labute approximate surface area is 168 Å². The van der Waals surface area contributed by atoms with Gasteiger partial charge in [0.2, 0.25) is 0 Å². The first-order valence-electron chi connectivity index (χ1n) is 8.56. The Bertz CT molecular complexity index is 870. The predicted octanol–water partition coefficient (Wildman–Crippen LogP) is 4.57. The van der Waals surface area contributed by atoms with Crippen molar-refractivity contribution in [3.8, 4) is 11.5 Å². The number of benzene rings is 2. The van der Waals surface area contributed by atoms with Crippen LogP contribution in [0.1, 0.15) is 11.1 Å². The Hall–Kier alpha value is -2.21. The summed E-state index contributed by atoms with van der Waals surface area (Å²) in [5, 5.41) is 4.59. The van der Waals surface area contributed by atoms with Crippen molar-refractivity contribution in [2.45, 2.75) is 19.7 Å². The van der Waals surface area contributed by atoms with Crippen molar-refractivity contribution in [1.29, 1.82) is 0 Å². The summed E-state index contributed by atoms with van der Waals surface area (Å²) in [6.07, 6.45) is 5.54. The average molecular weight is 406 g/mol. The van der Waals surface area contributed by atoms with E-state index in [1.54, 1.807) is 25.4 Å². The predicted molar refractivity (Wildman–Crippen MR) is 108 cm³/mol. The molecule has 5 nitrogen and oxygen atoms in total. The van der Waals surface area contributed by atoms with Gasteiger partial charge < -0.3 is 19.4 Å². The van der Waals surface area contributed by atoms with Crippen molar-refractivity contribution in [3.05, 3.63) is 76.3 Å². The van der Waals surface area contributed by atoms with Gasteiger partial charge >= 0.3 is 0 Å². The molecular weight excluding hydrogens is 385 g/mol. The summed E-state index contributed by atoms with van der Waals surface area (Å²) in [6.45, 7) is 2.81. The third-order valence-electron chi connectivity index (χ3n) is 4.06. The van der Waals surface area contributed by atoms with E-state index < -0.39 is 0 Å². The van der Waals surface area contributed by atoms with E-state index in [1.807, 2.05) is 41.4 Å². The smallest absolute Gasteiger partial charge is 0.161 e. The Morgan fingerprint density at radius 2 is 2.00 bits per heavy atom. The Morgan fingerprint density at radius 3 is 2.74 bits per heavy atom. The monoisotopic (exact) mass is 405 g/mol. The second kappa shape index (κ2) is 9.65. The highest BCUT2D eigenvalue weighted by atomic mass is 35.5. The maximum atomic E-state index is 6.19. The lowest BCUT2D eigenvalue weighted by Gasteiger charge is -2.13. The molecule has 3 rings (SSSR count). The van der Waals surface area contributed by atoms with E-state index in [0.29, 0.717) is 28.2 Å².